The van der Waals surface area contributed by atoms with E-state index < -0.39 is 16.1 Å². The summed E-state index contributed by atoms with van der Waals surface area (Å²) < 4.78 is 33.9. The maximum atomic E-state index is 13.1. The number of para-hydroxylation sites is 1. The number of sulfonamides is 1. The fourth-order valence-corrected chi connectivity index (χ4v) is 5.96. The third-order valence-electron chi connectivity index (χ3n) is 6.72. The van der Waals surface area contributed by atoms with Crippen LogP contribution in [0.2, 0.25) is 0 Å². The summed E-state index contributed by atoms with van der Waals surface area (Å²) in [7, 11) is -2.27. The van der Waals surface area contributed by atoms with Crippen LogP contribution in [0, 0.1) is 11.3 Å². The van der Waals surface area contributed by atoms with Crippen molar-refractivity contribution in [1.29, 1.82) is 5.26 Å². The predicted molar refractivity (Wildman–Crippen MR) is 155 cm³/mol. The number of nitrogens with zero attached hydrogens (tertiary/aromatic N) is 3. The Hall–Kier alpha value is -4.36. The van der Waals surface area contributed by atoms with Crippen LogP contribution in [0.5, 0.6) is 0 Å². The lowest BCUT2D eigenvalue weighted by Crippen LogP contribution is -2.35. The van der Waals surface area contributed by atoms with E-state index in [4.69, 9.17) is 10.00 Å². The molecule has 2 amide bonds. The molecule has 3 aromatic rings. The molecule has 1 aliphatic heterocycles. The first-order valence-electron chi connectivity index (χ1n) is 13.1. The first-order valence-corrected chi connectivity index (χ1v) is 14.8. The van der Waals surface area contributed by atoms with E-state index in [1.54, 1.807) is 66.4 Å². The van der Waals surface area contributed by atoms with E-state index in [1.165, 1.54) is 11.9 Å². The minimum Gasteiger partial charge on any atom is -0.449 e. The summed E-state index contributed by atoms with van der Waals surface area (Å²) in [5.74, 6) is -0.329. The van der Waals surface area contributed by atoms with Crippen LogP contribution < -0.4 is 14.5 Å². The first kappa shape index (κ1) is 28.6. The monoisotopic (exact) mass is 560 g/mol. The molecule has 0 fully saturated rings. The summed E-state index contributed by atoms with van der Waals surface area (Å²) in [6, 6.07) is 21.3. The fraction of sp³-hybridized carbons (Fsp3) is 0.300. The zero-order valence-electron chi connectivity index (χ0n) is 22.6. The smallest absolute Gasteiger partial charge is 0.414 e. The lowest BCUT2D eigenvalue weighted by atomic mass is 10.00. The topological polar surface area (TPSA) is 120 Å². The Kier molecular flexibility index (Phi) is 9.07. The molecule has 0 saturated heterocycles. The highest BCUT2D eigenvalue weighted by Gasteiger charge is 2.24. The van der Waals surface area contributed by atoms with Crippen molar-refractivity contribution >= 4 is 39.1 Å². The van der Waals surface area contributed by atoms with Crippen LogP contribution in [0.15, 0.2) is 66.7 Å². The molecule has 1 aliphatic rings. The second-order valence-electron chi connectivity index (χ2n) is 9.55. The molecule has 208 valence electrons. The number of hydrogen-bond donors (Lipinski definition) is 1. The molecule has 0 unspecified atom stereocenters. The molecule has 0 saturated carbocycles. The van der Waals surface area contributed by atoms with Crippen molar-refractivity contribution in [3.63, 3.8) is 0 Å². The Morgan fingerprint density at radius 3 is 2.58 bits per heavy atom. The Morgan fingerprint density at radius 2 is 1.85 bits per heavy atom. The van der Waals surface area contributed by atoms with Gasteiger partial charge in [0, 0.05) is 31.4 Å². The molecule has 1 heterocycles. The van der Waals surface area contributed by atoms with Crippen molar-refractivity contribution in [3.8, 4) is 6.07 Å². The summed E-state index contributed by atoms with van der Waals surface area (Å²) in [4.78, 5) is 28.3. The SMILES string of the molecule is CCOC(=O)N(C)c1ccccc1CS(=O)(=O)Nc1ccc2c(c1)CCCN2C(=O)CCc1ccc(C#N)cc1. The molecule has 0 atom stereocenters. The maximum absolute atomic E-state index is 13.1. The summed E-state index contributed by atoms with van der Waals surface area (Å²) in [5, 5.41) is 8.96. The van der Waals surface area contributed by atoms with Crippen molar-refractivity contribution in [2.24, 2.45) is 0 Å². The van der Waals surface area contributed by atoms with Gasteiger partial charge in [-0.15, -0.1) is 0 Å². The van der Waals surface area contributed by atoms with Crippen molar-refractivity contribution in [3.05, 3.63) is 89.0 Å². The number of anilines is 3. The number of ether oxygens (including phenoxy) is 1. The molecule has 0 radical (unpaired) electrons. The highest BCUT2D eigenvalue weighted by molar-refractivity contribution is 7.91. The van der Waals surface area contributed by atoms with Gasteiger partial charge in [-0.1, -0.05) is 30.3 Å². The molecule has 1 N–H and O–H groups in total. The fourth-order valence-electron chi connectivity index (χ4n) is 4.75. The Labute approximate surface area is 235 Å². The van der Waals surface area contributed by atoms with E-state index in [0.717, 1.165) is 29.7 Å². The van der Waals surface area contributed by atoms with Gasteiger partial charge in [0.15, 0.2) is 0 Å². The molecule has 9 nitrogen and oxygen atoms in total. The second kappa shape index (κ2) is 12.7. The summed E-state index contributed by atoms with van der Waals surface area (Å²) >= 11 is 0. The zero-order valence-corrected chi connectivity index (χ0v) is 23.4. The van der Waals surface area contributed by atoms with Gasteiger partial charge in [0.2, 0.25) is 15.9 Å². The molecule has 40 heavy (non-hydrogen) atoms. The number of fused-ring (bicyclic) bond motifs is 1. The van der Waals surface area contributed by atoms with Gasteiger partial charge in [0.05, 0.1) is 29.7 Å². The van der Waals surface area contributed by atoms with Gasteiger partial charge in [-0.3, -0.25) is 14.4 Å². The molecule has 0 aliphatic carbocycles. The molecule has 0 bridgehead atoms. The lowest BCUT2D eigenvalue weighted by Gasteiger charge is -2.30. The average Bonchev–Trinajstić information content (AvgIpc) is 2.95. The molecular weight excluding hydrogens is 528 g/mol. The van der Waals surface area contributed by atoms with Crippen LogP contribution in [0.1, 0.15) is 42.0 Å². The quantitative estimate of drug-likeness (QED) is 0.393. The summed E-state index contributed by atoms with van der Waals surface area (Å²) in [6.45, 7) is 2.52. The van der Waals surface area contributed by atoms with E-state index in [0.29, 0.717) is 41.9 Å². The molecule has 3 aromatic carbocycles. The zero-order chi connectivity index (χ0) is 28.7. The number of rotatable bonds is 9. The number of amides is 2. The average molecular weight is 561 g/mol. The minimum atomic E-state index is -3.81. The summed E-state index contributed by atoms with van der Waals surface area (Å²) in [6.07, 6.45) is 1.85. The minimum absolute atomic E-state index is 0.000895. The van der Waals surface area contributed by atoms with Crippen LogP contribution in [0.3, 0.4) is 0 Å². The van der Waals surface area contributed by atoms with Crippen molar-refractivity contribution < 1.29 is 22.7 Å². The second-order valence-corrected chi connectivity index (χ2v) is 11.3. The van der Waals surface area contributed by atoms with Crippen LogP contribution in [0.4, 0.5) is 21.9 Å². The third kappa shape index (κ3) is 6.98. The Bertz CT molecular complexity index is 1530. The van der Waals surface area contributed by atoms with Crippen molar-refractivity contribution in [2.45, 2.75) is 38.4 Å². The van der Waals surface area contributed by atoms with Gasteiger partial charge in [0.1, 0.15) is 0 Å². The molecule has 10 heteroatoms. The number of carbonyl (C=O) groups excluding carboxylic acids is 2. The van der Waals surface area contributed by atoms with E-state index in [-0.39, 0.29) is 18.3 Å². The van der Waals surface area contributed by atoms with E-state index >= 15 is 0 Å². The van der Waals surface area contributed by atoms with Crippen molar-refractivity contribution in [2.75, 3.05) is 34.7 Å². The standard InChI is InChI=1S/C30H32N4O5S/c1-3-39-30(36)33(2)27-9-5-4-7-25(27)21-40(37,38)32-26-15-16-28-24(19-26)8-6-18-34(28)29(35)17-14-22-10-12-23(20-31)13-11-22/h4-5,7,9-13,15-16,19,32H,3,6,8,14,17-18,21H2,1-2H3. The third-order valence-corrected chi connectivity index (χ3v) is 7.96. The van der Waals surface area contributed by atoms with Gasteiger partial charge >= 0.3 is 6.09 Å². The van der Waals surface area contributed by atoms with Gasteiger partial charge in [-0.2, -0.15) is 5.26 Å². The highest BCUT2D eigenvalue weighted by Crippen LogP contribution is 2.31. The van der Waals surface area contributed by atoms with Gasteiger partial charge in [-0.25, -0.2) is 13.2 Å². The van der Waals surface area contributed by atoms with Crippen LogP contribution in [0.25, 0.3) is 0 Å². The highest BCUT2D eigenvalue weighted by atomic mass is 32.2. The number of hydrogen-bond acceptors (Lipinski definition) is 6. The normalized spacial score (nSPS) is 12.7. The first-order chi connectivity index (χ1) is 19.2. The van der Waals surface area contributed by atoms with E-state index in [9.17, 15) is 18.0 Å². The van der Waals surface area contributed by atoms with Crippen LogP contribution in [-0.2, 0) is 38.1 Å². The molecular formula is C30H32N4O5S. The predicted octanol–water partition coefficient (Wildman–Crippen LogP) is 5.00. The molecule has 0 spiro atoms. The number of nitriles is 1. The van der Waals surface area contributed by atoms with Crippen molar-refractivity contribution in [1.82, 2.24) is 0 Å². The number of nitrogens with one attached hydrogen (secondary N) is 1. The molecule has 0 aromatic heterocycles. The van der Waals surface area contributed by atoms with Crippen LogP contribution >= 0.6 is 0 Å². The number of carbonyl (C=O) groups is 2. The van der Waals surface area contributed by atoms with E-state index in [1.807, 2.05) is 12.1 Å². The number of benzene rings is 3. The lowest BCUT2D eigenvalue weighted by molar-refractivity contribution is -0.118. The number of aryl methyl sites for hydroxylation is 2. The van der Waals surface area contributed by atoms with Gasteiger partial charge in [-0.05, 0) is 79.3 Å². The van der Waals surface area contributed by atoms with Gasteiger partial charge < -0.3 is 9.64 Å². The largest absolute Gasteiger partial charge is 0.449 e. The molecule has 4 rings (SSSR count). The van der Waals surface area contributed by atoms with E-state index in [2.05, 4.69) is 10.8 Å². The van der Waals surface area contributed by atoms with Crippen LogP contribution in [-0.4, -0.2) is 40.6 Å². The Morgan fingerprint density at radius 1 is 1.10 bits per heavy atom. The maximum Gasteiger partial charge on any atom is 0.414 e. The van der Waals surface area contributed by atoms with Gasteiger partial charge in [0.25, 0.3) is 0 Å². The Balaban J connectivity index is 1.44. The summed E-state index contributed by atoms with van der Waals surface area (Å²) in [5.41, 5.74) is 4.60.